The molecule has 0 heterocycles. The van der Waals surface area contributed by atoms with Gasteiger partial charge in [-0.25, -0.2) is 0 Å². The maximum absolute atomic E-state index is 4.16. The highest BCUT2D eigenvalue weighted by atomic mass is 14.7. The van der Waals surface area contributed by atoms with E-state index in [0.29, 0.717) is 6.04 Å². The molecule has 0 aromatic carbocycles. The van der Waals surface area contributed by atoms with Gasteiger partial charge in [0, 0.05) is 12.3 Å². The Labute approximate surface area is 74.4 Å². The van der Waals surface area contributed by atoms with Gasteiger partial charge >= 0.3 is 0 Å². The summed E-state index contributed by atoms with van der Waals surface area (Å²) in [5, 5.41) is 0. The van der Waals surface area contributed by atoms with Gasteiger partial charge < -0.3 is 0 Å². The molecule has 0 unspecified atom stereocenters. The minimum absolute atomic E-state index is 0.348. The average molecular weight is 164 g/mol. The van der Waals surface area contributed by atoms with Crippen LogP contribution in [-0.4, -0.2) is 19.0 Å². The van der Waals surface area contributed by atoms with E-state index in [-0.39, 0.29) is 0 Å². The van der Waals surface area contributed by atoms with Crippen molar-refractivity contribution >= 4 is 12.9 Å². The second-order valence-corrected chi connectivity index (χ2v) is 2.62. The number of hydrogen-bond donors (Lipinski definition) is 0. The molecule has 66 valence electrons. The van der Waals surface area contributed by atoms with E-state index in [1.54, 1.807) is 6.21 Å². The first-order chi connectivity index (χ1) is 5.70. The Hall–Kier alpha value is -1.18. The zero-order valence-electron chi connectivity index (χ0n) is 7.99. The van der Waals surface area contributed by atoms with Crippen molar-refractivity contribution in [3.63, 3.8) is 0 Å². The van der Waals surface area contributed by atoms with Gasteiger partial charge in [0.25, 0.3) is 0 Å². The fraction of sp³-hybridized carbons (Fsp3) is 0.400. The largest absolute Gasteiger partial charge is 0.290 e. The third kappa shape index (κ3) is 5.59. The molecule has 12 heavy (non-hydrogen) atoms. The Bertz CT molecular complexity index is 210. The molecule has 2 heteroatoms. The molecule has 0 saturated heterocycles. The predicted octanol–water partition coefficient (Wildman–Crippen LogP) is 2.63. The van der Waals surface area contributed by atoms with E-state index in [2.05, 4.69) is 16.7 Å². The molecule has 2 nitrogen and oxygen atoms in total. The van der Waals surface area contributed by atoms with Crippen LogP contribution < -0.4 is 0 Å². The highest BCUT2D eigenvalue weighted by Gasteiger charge is 1.81. The minimum Gasteiger partial charge on any atom is -0.290 e. The molecular weight excluding hydrogens is 148 g/mol. The van der Waals surface area contributed by atoms with Crippen molar-refractivity contribution in [2.45, 2.75) is 26.8 Å². The van der Waals surface area contributed by atoms with Crippen LogP contribution in [-0.2, 0) is 0 Å². The van der Waals surface area contributed by atoms with Crippen molar-refractivity contribution in [1.29, 1.82) is 0 Å². The Morgan fingerprint density at radius 2 is 2.08 bits per heavy atom. The molecule has 0 bridgehead atoms. The molecule has 0 aromatic rings. The lowest BCUT2D eigenvalue weighted by Gasteiger charge is -1.90. The summed E-state index contributed by atoms with van der Waals surface area (Å²) in [6, 6.07) is 0.348. The lowest BCUT2D eigenvalue weighted by molar-refractivity contribution is 0.842. The SMILES string of the molecule is C=NC(/C=C\C=N\C(C)C)=C/C. The van der Waals surface area contributed by atoms with Crippen molar-refractivity contribution in [1.82, 2.24) is 0 Å². The molecule has 0 aliphatic rings. The summed E-state index contributed by atoms with van der Waals surface area (Å²) in [4.78, 5) is 7.95. The molecule has 0 saturated carbocycles. The molecule has 0 aromatic heterocycles. The van der Waals surface area contributed by atoms with Gasteiger partial charge in [-0.05, 0) is 39.6 Å². The van der Waals surface area contributed by atoms with Crippen molar-refractivity contribution < 1.29 is 0 Å². The summed E-state index contributed by atoms with van der Waals surface area (Å²) in [5.74, 6) is 0. The quantitative estimate of drug-likeness (QED) is 0.451. The van der Waals surface area contributed by atoms with Gasteiger partial charge in [-0.3, -0.25) is 9.98 Å². The van der Waals surface area contributed by atoms with Gasteiger partial charge in [-0.1, -0.05) is 6.08 Å². The first-order valence-electron chi connectivity index (χ1n) is 4.03. The Morgan fingerprint density at radius 1 is 1.42 bits per heavy atom. The van der Waals surface area contributed by atoms with Crippen molar-refractivity contribution in [3.05, 3.63) is 23.9 Å². The summed E-state index contributed by atoms with van der Waals surface area (Å²) in [7, 11) is 0. The molecule has 0 aliphatic carbocycles. The van der Waals surface area contributed by atoms with Crippen LogP contribution in [0.1, 0.15) is 20.8 Å². The summed E-state index contributed by atoms with van der Waals surface area (Å²) in [6.07, 6.45) is 7.41. The summed E-state index contributed by atoms with van der Waals surface area (Å²) < 4.78 is 0. The second kappa shape index (κ2) is 6.53. The van der Waals surface area contributed by atoms with Gasteiger partial charge in [0.15, 0.2) is 0 Å². The number of nitrogens with zero attached hydrogens (tertiary/aromatic N) is 2. The van der Waals surface area contributed by atoms with Crippen LogP contribution in [0.2, 0.25) is 0 Å². The van der Waals surface area contributed by atoms with Crippen molar-refractivity contribution in [2.75, 3.05) is 0 Å². The molecule has 0 aliphatic heterocycles. The smallest absolute Gasteiger partial charge is 0.0580 e. The average Bonchev–Trinajstić information content (AvgIpc) is 2.04. The monoisotopic (exact) mass is 164 g/mol. The van der Waals surface area contributed by atoms with Crippen LogP contribution in [0.15, 0.2) is 33.9 Å². The van der Waals surface area contributed by atoms with Gasteiger partial charge in [-0.2, -0.15) is 0 Å². The van der Waals surface area contributed by atoms with Gasteiger partial charge in [0.05, 0.1) is 5.70 Å². The normalized spacial score (nSPS) is 13.5. The Morgan fingerprint density at radius 3 is 2.50 bits per heavy atom. The van der Waals surface area contributed by atoms with E-state index in [9.17, 15) is 0 Å². The van der Waals surface area contributed by atoms with Crippen LogP contribution >= 0.6 is 0 Å². The number of rotatable bonds is 4. The van der Waals surface area contributed by atoms with Gasteiger partial charge in [-0.15, -0.1) is 0 Å². The van der Waals surface area contributed by atoms with E-state index < -0.39 is 0 Å². The second-order valence-electron chi connectivity index (χ2n) is 2.62. The molecule has 0 amide bonds. The third-order valence-electron chi connectivity index (χ3n) is 1.22. The summed E-state index contributed by atoms with van der Waals surface area (Å²) in [6.45, 7) is 9.42. The van der Waals surface area contributed by atoms with Crippen LogP contribution in [0.5, 0.6) is 0 Å². The predicted molar refractivity (Wildman–Crippen MR) is 56.1 cm³/mol. The molecule has 0 fully saturated rings. The molecule has 0 atom stereocenters. The fourth-order valence-corrected chi connectivity index (χ4v) is 0.604. The lowest BCUT2D eigenvalue weighted by atomic mass is 10.3. The molecule has 0 radical (unpaired) electrons. The van der Waals surface area contributed by atoms with E-state index in [1.165, 1.54) is 0 Å². The van der Waals surface area contributed by atoms with E-state index in [0.717, 1.165) is 5.70 Å². The standard InChI is InChI=1S/C10H16N2/c1-5-10(11-4)7-6-8-12-9(2)3/h5-9H,4H2,1-3H3/b7-6-,10-5+,12-8+. The van der Waals surface area contributed by atoms with Crippen LogP contribution in [0.3, 0.4) is 0 Å². The van der Waals surface area contributed by atoms with Crippen molar-refractivity contribution in [3.8, 4) is 0 Å². The van der Waals surface area contributed by atoms with Gasteiger partial charge in [0.1, 0.15) is 0 Å². The highest BCUT2D eigenvalue weighted by molar-refractivity contribution is 5.72. The lowest BCUT2D eigenvalue weighted by Crippen LogP contribution is -1.86. The Balaban J connectivity index is 3.99. The maximum atomic E-state index is 4.16. The van der Waals surface area contributed by atoms with Crippen molar-refractivity contribution in [2.24, 2.45) is 9.98 Å². The highest BCUT2D eigenvalue weighted by Crippen LogP contribution is 1.95. The summed E-state index contributed by atoms with van der Waals surface area (Å²) in [5.41, 5.74) is 0.866. The first-order valence-corrected chi connectivity index (χ1v) is 4.03. The van der Waals surface area contributed by atoms with Crippen LogP contribution in [0.4, 0.5) is 0 Å². The molecular formula is C10H16N2. The van der Waals surface area contributed by atoms with Crippen LogP contribution in [0, 0.1) is 0 Å². The number of allylic oxidation sites excluding steroid dienone is 3. The third-order valence-corrected chi connectivity index (χ3v) is 1.22. The zero-order valence-corrected chi connectivity index (χ0v) is 7.99. The van der Waals surface area contributed by atoms with E-state index >= 15 is 0 Å². The fourth-order valence-electron chi connectivity index (χ4n) is 0.604. The minimum atomic E-state index is 0.348. The Kier molecular flexibility index (Phi) is 5.88. The van der Waals surface area contributed by atoms with Crippen LogP contribution in [0.25, 0.3) is 0 Å². The molecule has 0 rings (SSSR count). The molecule has 0 N–H and O–H groups in total. The van der Waals surface area contributed by atoms with Gasteiger partial charge in [0.2, 0.25) is 0 Å². The number of aliphatic imine (C=N–C) groups is 2. The zero-order chi connectivity index (χ0) is 9.40. The van der Waals surface area contributed by atoms with E-state index in [4.69, 9.17) is 0 Å². The maximum Gasteiger partial charge on any atom is 0.0580 e. The van der Waals surface area contributed by atoms with E-state index in [1.807, 2.05) is 39.0 Å². The summed E-state index contributed by atoms with van der Waals surface area (Å²) >= 11 is 0. The number of hydrogen-bond acceptors (Lipinski definition) is 2. The first kappa shape index (κ1) is 10.8. The topological polar surface area (TPSA) is 24.7 Å². The molecule has 0 spiro atoms.